The first kappa shape index (κ1) is 15.9. The van der Waals surface area contributed by atoms with Gasteiger partial charge in [0.05, 0.1) is 11.1 Å². The summed E-state index contributed by atoms with van der Waals surface area (Å²) in [5.41, 5.74) is 1.22. The number of benzene rings is 1. The maximum Gasteiger partial charge on any atom is 0.164 e. The van der Waals surface area contributed by atoms with E-state index in [0.29, 0.717) is 17.1 Å². The number of hydrogen-bond donors (Lipinski definition) is 1. The lowest BCUT2D eigenvalue weighted by Crippen LogP contribution is -2.25. The first-order chi connectivity index (χ1) is 10.1. The van der Waals surface area contributed by atoms with Gasteiger partial charge in [-0.1, -0.05) is 30.7 Å². The maximum atomic E-state index is 14.3. The van der Waals surface area contributed by atoms with Crippen LogP contribution in [0.2, 0.25) is 5.02 Å². The number of pyridine rings is 1. The SMILES string of the molecule is CCCNC(c1ccncc1Cl)c1ccc(C)c(F)c1F. The Bertz CT molecular complexity index is 632. The van der Waals surface area contributed by atoms with Crippen LogP contribution in [0.15, 0.2) is 30.6 Å². The summed E-state index contributed by atoms with van der Waals surface area (Å²) in [5.74, 6) is -1.66. The van der Waals surface area contributed by atoms with Crippen LogP contribution in [0, 0.1) is 18.6 Å². The molecule has 1 aromatic heterocycles. The summed E-state index contributed by atoms with van der Waals surface area (Å²) in [6.45, 7) is 4.21. The zero-order chi connectivity index (χ0) is 15.4. The second kappa shape index (κ2) is 6.96. The molecule has 0 spiro atoms. The molecule has 1 atom stereocenters. The van der Waals surface area contributed by atoms with Crippen molar-refractivity contribution in [3.8, 4) is 0 Å². The number of aryl methyl sites for hydroxylation is 1. The first-order valence-corrected chi connectivity index (χ1v) is 7.21. The molecule has 0 saturated carbocycles. The highest BCUT2D eigenvalue weighted by Crippen LogP contribution is 2.30. The molecule has 1 heterocycles. The number of rotatable bonds is 5. The van der Waals surface area contributed by atoms with Crippen molar-refractivity contribution < 1.29 is 8.78 Å². The molecule has 0 aliphatic carbocycles. The first-order valence-electron chi connectivity index (χ1n) is 6.83. The molecule has 0 saturated heterocycles. The Morgan fingerprint density at radius 2 is 1.95 bits per heavy atom. The minimum Gasteiger partial charge on any atom is -0.306 e. The van der Waals surface area contributed by atoms with Crippen LogP contribution in [-0.4, -0.2) is 11.5 Å². The van der Waals surface area contributed by atoms with Crippen molar-refractivity contribution in [2.75, 3.05) is 6.54 Å². The Balaban J connectivity index is 2.51. The third-order valence-corrected chi connectivity index (χ3v) is 3.65. The van der Waals surface area contributed by atoms with Gasteiger partial charge in [0.15, 0.2) is 11.6 Å². The average molecular weight is 311 g/mol. The minimum atomic E-state index is -0.837. The maximum absolute atomic E-state index is 14.3. The molecule has 1 aromatic carbocycles. The van der Waals surface area contributed by atoms with E-state index in [1.54, 1.807) is 24.4 Å². The Hall–Kier alpha value is -1.52. The van der Waals surface area contributed by atoms with Crippen LogP contribution in [0.5, 0.6) is 0 Å². The molecule has 0 radical (unpaired) electrons. The second-order valence-corrected chi connectivity index (χ2v) is 5.29. The van der Waals surface area contributed by atoms with Gasteiger partial charge in [-0.3, -0.25) is 4.98 Å². The second-order valence-electron chi connectivity index (χ2n) is 4.88. The van der Waals surface area contributed by atoms with Gasteiger partial charge in [-0.05, 0) is 37.1 Å². The van der Waals surface area contributed by atoms with E-state index in [1.165, 1.54) is 13.1 Å². The van der Waals surface area contributed by atoms with E-state index in [9.17, 15) is 8.78 Å². The topological polar surface area (TPSA) is 24.9 Å². The van der Waals surface area contributed by atoms with E-state index in [1.807, 2.05) is 6.92 Å². The minimum absolute atomic E-state index is 0.250. The molecule has 0 bridgehead atoms. The van der Waals surface area contributed by atoms with E-state index in [4.69, 9.17) is 11.6 Å². The summed E-state index contributed by atoms with van der Waals surface area (Å²) in [6.07, 6.45) is 3.96. The van der Waals surface area contributed by atoms with Gasteiger partial charge in [0.2, 0.25) is 0 Å². The van der Waals surface area contributed by atoms with Crippen molar-refractivity contribution in [3.05, 3.63) is 63.9 Å². The summed E-state index contributed by atoms with van der Waals surface area (Å²) in [6, 6.07) is 4.38. The molecule has 2 rings (SSSR count). The fourth-order valence-electron chi connectivity index (χ4n) is 2.18. The van der Waals surface area contributed by atoms with E-state index >= 15 is 0 Å². The van der Waals surface area contributed by atoms with Gasteiger partial charge in [0.25, 0.3) is 0 Å². The molecule has 0 amide bonds. The number of hydrogen-bond acceptors (Lipinski definition) is 2. The zero-order valence-electron chi connectivity index (χ0n) is 12.0. The molecule has 0 aliphatic rings. The molecule has 2 aromatic rings. The molecule has 1 N–H and O–H groups in total. The predicted octanol–water partition coefficient (Wildman–Crippen LogP) is 4.41. The standard InChI is InChI=1S/C16H17ClF2N2/c1-3-7-21-16(11-6-8-20-9-13(11)17)12-5-4-10(2)14(18)15(12)19/h4-6,8-9,16,21H,3,7H2,1-2H3. The summed E-state index contributed by atoms with van der Waals surface area (Å²) in [7, 11) is 0. The molecule has 1 unspecified atom stereocenters. The smallest absolute Gasteiger partial charge is 0.164 e. The van der Waals surface area contributed by atoms with Crippen LogP contribution < -0.4 is 5.32 Å². The highest BCUT2D eigenvalue weighted by atomic mass is 35.5. The van der Waals surface area contributed by atoms with Gasteiger partial charge in [0, 0.05) is 18.0 Å². The normalized spacial score (nSPS) is 12.4. The van der Waals surface area contributed by atoms with E-state index in [0.717, 1.165) is 6.42 Å². The van der Waals surface area contributed by atoms with Crippen molar-refractivity contribution in [1.82, 2.24) is 10.3 Å². The van der Waals surface area contributed by atoms with Crippen molar-refractivity contribution in [3.63, 3.8) is 0 Å². The summed E-state index contributed by atoms with van der Waals surface area (Å²) < 4.78 is 28.1. The lowest BCUT2D eigenvalue weighted by molar-refractivity contribution is 0.476. The molecular weight excluding hydrogens is 294 g/mol. The van der Waals surface area contributed by atoms with E-state index in [-0.39, 0.29) is 11.1 Å². The lowest BCUT2D eigenvalue weighted by Gasteiger charge is -2.21. The molecular formula is C16H17ClF2N2. The molecule has 112 valence electrons. The highest BCUT2D eigenvalue weighted by Gasteiger charge is 2.22. The number of halogens is 3. The highest BCUT2D eigenvalue weighted by molar-refractivity contribution is 6.31. The molecule has 2 nitrogen and oxygen atoms in total. The third kappa shape index (κ3) is 3.39. The average Bonchev–Trinajstić information content (AvgIpc) is 2.48. The van der Waals surface area contributed by atoms with Gasteiger partial charge in [0.1, 0.15) is 0 Å². The monoisotopic (exact) mass is 310 g/mol. The summed E-state index contributed by atoms with van der Waals surface area (Å²) in [5, 5.41) is 3.63. The summed E-state index contributed by atoms with van der Waals surface area (Å²) >= 11 is 6.15. The Labute approximate surface area is 128 Å². The Morgan fingerprint density at radius 1 is 1.19 bits per heavy atom. The third-order valence-electron chi connectivity index (χ3n) is 3.33. The van der Waals surface area contributed by atoms with Crippen LogP contribution in [0.1, 0.15) is 36.1 Å². The van der Waals surface area contributed by atoms with Crippen LogP contribution in [0.3, 0.4) is 0 Å². The lowest BCUT2D eigenvalue weighted by atomic mass is 9.97. The Morgan fingerprint density at radius 3 is 2.62 bits per heavy atom. The number of aromatic nitrogens is 1. The molecule has 0 fully saturated rings. The van der Waals surface area contributed by atoms with Gasteiger partial charge >= 0.3 is 0 Å². The molecule has 0 aliphatic heterocycles. The predicted molar refractivity (Wildman–Crippen MR) is 80.5 cm³/mol. The van der Waals surface area contributed by atoms with Crippen molar-refractivity contribution >= 4 is 11.6 Å². The van der Waals surface area contributed by atoms with Crippen LogP contribution >= 0.6 is 11.6 Å². The van der Waals surface area contributed by atoms with E-state index in [2.05, 4.69) is 10.3 Å². The van der Waals surface area contributed by atoms with Crippen LogP contribution in [-0.2, 0) is 0 Å². The van der Waals surface area contributed by atoms with Crippen molar-refractivity contribution in [1.29, 1.82) is 0 Å². The van der Waals surface area contributed by atoms with Gasteiger partial charge < -0.3 is 5.32 Å². The largest absolute Gasteiger partial charge is 0.306 e. The number of nitrogens with zero attached hydrogens (tertiary/aromatic N) is 1. The van der Waals surface area contributed by atoms with Crippen LogP contribution in [0.4, 0.5) is 8.78 Å². The van der Waals surface area contributed by atoms with Gasteiger partial charge in [-0.2, -0.15) is 0 Å². The van der Waals surface area contributed by atoms with Crippen molar-refractivity contribution in [2.45, 2.75) is 26.3 Å². The molecule has 21 heavy (non-hydrogen) atoms. The fraction of sp³-hybridized carbons (Fsp3) is 0.312. The Kier molecular flexibility index (Phi) is 5.26. The van der Waals surface area contributed by atoms with Gasteiger partial charge in [-0.25, -0.2) is 8.78 Å². The quantitative estimate of drug-likeness (QED) is 0.885. The number of nitrogens with one attached hydrogen (secondary N) is 1. The van der Waals surface area contributed by atoms with E-state index < -0.39 is 17.7 Å². The van der Waals surface area contributed by atoms with Crippen LogP contribution in [0.25, 0.3) is 0 Å². The summed E-state index contributed by atoms with van der Waals surface area (Å²) in [4.78, 5) is 3.93. The zero-order valence-corrected chi connectivity index (χ0v) is 12.7. The fourth-order valence-corrected chi connectivity index (χ4v) is 2.41. The van der Waals surface area contributed by atoms with Gasteiger partial charge in [-0.15, -0.1) is 0 Å². The van der Waals surface area contributed by atoms with Crippen molar-refractivity contribution in [2.24, 2.45) is 0 Å². The molecule has 5 heteroatoms.